The summed E-state index contributed by atoms with van der Waals surface area (Å²) in [7, 11) is 3.34. The van der Waals surface area contributed by atoms with Gasteiger partial charge in [-0.2, -0.15) is 0 Å². The zero-order chi connectivity index (χ0) is 24.0. The van der Waals surface area contributed by atoms with Gasteiger partial charge in [0.25, 0.3) is 0 Å². The van der Waals surface area contributed by atoms with Gasteiger partial charge in [0.15, 0.2) is 17.3 Å². The van der Waals surface area contributed by atoms with Gasteiger partial charge in [-0.1, -0.05) is 60.7 Å². The first-order chi connectivity index (χ1) is 17.3. The lowest BCUT2D eigenvalue weighted by Crippen LogP contribution is -2.48. The number of methoxy groups -OCH3 is 2. The van der Waals surface area contributed by atoms with Gasteiger partial charge in [0.2, 0.25) is 0 Å². The summed E-state index contributed by atoms with van der Waals surface area (Å²) in [5.41, 5.74) is 3.38. The van der Waals surface area contributed by atoms with Crippen LogP contribution in [0.1, 0.15) is 23.0 Å². The minimum atomic E-state index is -0.184. The first-order valence-electron chi connectivity index (χ1n) is 11.8. The topological polar surface area (TPSA) is 68.5 Å². The molecule has 3 aromatic carbocycles. The number of anilines is 1. The van der Waals surface area contributed by atoms with Crippen LogP contribution < -0.4 is 14.4 Å². The van der Waals surface area contributed by atoms with E-state index in [0.717, 1.165) is 43.1 Å². The van der Waals surface area contributed by atoms with Crippen molar-refractivity contribution < 1.29 is 9.47 Å². The Kier molecular flexibility index (Phi) is 6.90. The monoisotopic (exact) mass is 470 g/mol. The Morgan fingerprint density at radius 3 is 2.20 bits per heavy atom. The summed E-state index contributed by atoms with van der Waals surface area (Å²) in [5.74, 6) is 2.19. The minimum absolute atomic E-state index is 0.184. The molecule has 0 bridgehead atoms. The van der Waals surface area contributed by atoms with Gasteiger partial charge in [-0.05, 0) is 34.2 Å². The largest absolute Gasteiger partial charge is 0.493 e. The molecule has 0 amide bonds. The summed E-state index contributed by atoms with van der Waals surface area (Å²) in [4.78, 5) is 4.85. The summed E-state index contributed by atoms with van der Waals surface area (Å²) in [6, 6.07) is 26.6. The van der Waals surface area contributed by atoms with Crippen LogP contribution in [0.15, 0.2) is 78.9 Å². The minimum Gasteiger partial charge on any atom is -0.493 e. The maximum absolute atomic E-state index is 5.85. The highest BCUT2D eigenvalue weighted by atomic mass is 16.5. The molecule has 8 heteroatoms. The van der Waals surface area contributed by atoms with Gasteiger partial charge in [-0.3, -0.25) is 4.90 Å². The molecule has 0 aliphatic carbocycles. The number of hydrogen-bond acceptors (Lipinski definition) is 7. The predicted octanol–water partition coefficient (Wildman–Crippen LogP) is 3.65. The predicted molar refractivity (Wildman–Crippen MR) is 135 cm³/mol. The maximum atomic E-state index is 5.85. The maximum Gasteiger partial charge on any atom is 0.173 e. The summed E-state index contributed by atoms with van der Waals surface area (Å²) in [5, 5.41) is 13.0. The molecule has 1 fully saturated rings. The fourth-order valence-corrected chi connectivity index (χ4v) is 4.78. The molecule has 0 spiro atoms. The summed E-state index contributed by atoms with van der Waals surface area (Å²) < 4.78 is 13.4. The van der Waals surface area contributed by atoms with Gasteiger partial charge in [0, 0.05) is 37.4 Å². The normalized spacial score (nSPS) is 15.1. The Bertz CT molecular complexity index is 1220. The van der Waals surface area contributed by atoms with Crippen molar-refractivity contribution >= 4 is 5.69 Å². The van der Waals surface area contributed by atoms with E-state index in [-0.39, 0.29) is 6.04 Å². The number of para-hydroxylation sites is 2. The molecule has 1 unspecified atom stereocenters. The number of hydrogen-bond donors (Lipinski definition) is 0. The SMILES string of the molecule is COc1cccc(C(c2nnnn2Cc2ccccc2)N2CCN(c3ccccc3)CC2)c1OC. The van der Waals surface area contributed by atoms with Gasteiger partial charge in [-0.15, -0.1) is 5.10 Å². The lowest BCUT2D eigenvalue weighted by Gasteiger charge is -2.40. The fourth-order valence-electron chi connectivity index (χ4n) is 4.78. The van der Waals surface area contributed by atoms with E-state index in [1.54, 1.807) is 14.2 Å². The first kappa shape index (κ1) is 22.9. The van der Waals surface area contributed by atoms with E-state index in [2.05, 4.69) is 73.9 Å². The lowest BCUT2D eigenvalue weighted by atomic mass is 10.0. The molecular formula is C27H30N6O2. The van der Waals surface area contributed by atoms with Crippen molar-refractivity contribution in [3.63, 3.8) is 0 Å². The third-order valence-corrected chi connectivity index (χ3v) is 6.51. The second-order valence-corrected chi connectivity index (χ2v) is 8.52. The smallest absolute Gasteiger partial charge is 0.173 e. The van der Waals surface area contributed by atoms with Crippen LogP contribution in [-0.4, -0.2) is 65.5 Å². The number of aromatic nitrogens is 4. The fraction of sp³-hybridized carbons (Fsp3) is 0.296. The quantitative estimate of drug-likeness (QED) is 0.389. The van der Waals surface area contributed by atoms with Crippen molar-refractivity contribution in [3.05, 3.63) is 95.8 Å². The molecule has 180 valence electrons. The van der Waals surface area contributed by atoms with E-state index in [1.807, 2.05) is 35.0 Å². The highest BCUT2D eigenvalue weighted by molar-refractivity contribution is 5.50. The molecule has 1 aliphatic rings. The summed E-state index contributed by atoms with van der Waals surface area (Å²) >= 11 is 0. The molecule has 8 nitrogen and oxygen atoms in total. The van der Waals surface area contributed by atoms with Gasteiger partial charge < -0.3 is 14.4 Å². The van der Waals surface area contributed by atoms with Gasteiger partial charge >= 0.3 is 0 Å². The third kappa shape index (κ3) is 4.83. The molecule has 0 saturated carbocycles. The van der Waals surface area contributed by atoms with Crippen molar-refractivity contribution in [3.8, 4) is 11.5 Å². The van der Waals surface area contributed by atoms with Gasteiger partial charge in [-0.25, -0.2) is 4.68 Å². The highest BCUT2D eigenvalue weighted by Crippen LogP contribution is 2.40. The molecule has 1 aromatic heterocycles. The number of nitrogens with zero attached hydrogens (tertiary/aromatic N) is 6. The van der Waals surface area contributed by atoms with Crippen LogP contribution in [0.3, 0.4) is 0 Å². The molecule has 1 atom stereocenters. The Morgan fingerprint density at radius 2 is 1.51 bits per heavy atom. The molecule has 2 heterocycles. The average Bonchev–Trinajstić information content (AvgIpc) is 3.37. The molecule has 1 saturated heterocycles. The number of benzene rings is 3. The van der Waals surface area contributed by atoms with Crippen LogP contribution in [0.2, 0.25) is 0 Å². The van der Waals surface area contributed by atoms with Crippen LogP contribution >= 0.6 is 0 Å². The molecule has 0 N–H and O–H groups in total. The number of piperazine rings is 1. The second-order valence-electron chi connectivity index (χ2n) is 8.52. The van der Waals surface area contributed by atoms with E-state index in [1.165, 1.54) is 5.69 Å². The highest BCUT2D eigenvalue weighted by Gasteiger charge is 2.33. The zero-order valence-electron chi connectivity index (χ0n) is 20.1. The molecule has 1 aliphatic heterocycles. The number of rotatable bonds is 8. The van der Waals surface area contributed by atoms with Crippen molar-refractivity contribution in [2.75, 3.05) is 45.3 Å². The Hall–Kier alpha value is -3.91. The zero-order valence-corrected chi connectivity index (χ0v) is 20.1. The average molecular weight is 471 g/mol. The van der Waals surface area contributed by atoms with Crippen LogP contribution in [0.5, 0.6) is 11.5 Å². The van der Waals surface area contributed by atoms with E-state index < -0.39 is 0 Å². The Balaban J connectivity index is 1.50. The number of tetrazole rings is 1. The standard InChI is InChI=1S/C27H30N6O2/c1-34-24-15-9-14-23(26(24)35-2)25(27-28-29-30-33(27)20-21-10-5-3-6-11-21)32-18-16-31(17-19-32)22-12-7-4-8-13-22/h3-15,25H,16-20H2,1-2H3. The van der Waals surface area contributed by atoms with Crippen molar-refractivity contribution in [2.24, 2.45) is 0 Å². The van der Waals surface area contributed by atoms with Crippen LogP contribution in [0, 0.1) is 0 Å². The molecule has 0 radical (unpaired) electrons. The summed E-state index contributed by atoms with van der Waals surface area (Å²) in [6.07, 6.45) is 0. The van der Waals surface area contributed by atoms with Crippen LogP contribution in [0.25, 0.3) is 0 Å². The van der Waals surface area contributed by atoms with Gasteiger partial charge in [0.05, 0.1) is 20.8 Å². The van der Waals surface area contributed by atoms with Crippen LogP contribution in [0.4, 0.5) is 5.69 Å². The van der Waals surface area contributed by atoms with E-state index in [4.69, 9.17) is 9.47 Å². The third-order valence-electron chi connectivity index (χ3n) is 6.51. The van der Waals surface area contributed by atoms with Crippen molar-refractivity contribution in [2.45, 2.75) is 12.6 Å². The molecule has 4 aromatic rings. The van der Waals surface area contributed by atoms with Crippen molar-refractivity contribution in [1.29, 1.82) is 0 Å². The molecule has 35 heavy (non-hydrogen) atoms. The number of ether oxygens (including phenoxy) is 2. The second kappa shape index (κ2) is 10.6. The van der Waals surface area contributed by atoms with E-state index in [0.29, 0.717) is 18.0 Å². The molecular weight excluding hydrogens is 440 g/mol. The van der Waals surface area contributed by atoms with Crippen LogP contribution in [-0.2, 0) is 6.54 Å². The Labute approximate surface area is 205 Å². The summed E-state index contributed by atoms with van der Waals surface area (Å²) in [6.45, 7) is 4.13. The van der Waals surface area contributed by atoms with Crippen molar-refractivity contribution in [1.82, 2.24) is 25.1 Å². The van der Waals surface area contributed by atoms with Gasteiger partial charge in [0.1, 0.15) is 6.04 Å². The Morgan fingerprint density at radius 1 is 0.800 bits per heavy atom. The lowest BCUT2D eigenvalue weighted by molar-refractivity contribution is 0.197. The van der Waals surface area contributed by atoms with E-state index >= 15 is 0 Å². The van der Waals surface area contributed by atoms with E-state index in [9.17, 15) is 0 Å². The molecule has 5 rings (SSSR count). The first-order valence-corrected chi connectivity index (χ1v) is 11.8.